The topological polar surface area (TPSA) is 76.3 Å². The molecular weight excluding hydrogens is 206 g/mol. The number of nitrogens with zero attached hydrogens (tertiary/aromatic N) is 2. The maximum Gasteiger partial charge on any atom is 0.263 e. The van der Waals surface area contributed by atoms with Gasteiger partial charge in [-0.05, 0) is 6.07 Å². The Morgan fingerprint density at radius 1 is 1.25 bits per heavy atom. The van der Waals surface area contributed by atoms with Gasteiger partial charge in [-0.3, -0.25) is 19.5 Å². The zero-order valence-corrected chi connectivity index (χ0v) is 8.59. The third-order valence-corrected chi connectivity index (χ3v) is 2.36. The second kappa shape index (κ2) is 4.24. The van der Waals surface area contributed by atoms with Crippen molar-refractivity contribution in [1.29, 1.82) is 0 Å². The van der Waals surface area contributed by atoms with Crippen molar-refractivity contribution in [2.24, 2.45) is 5.73 Å². The highest BCUT2D eigenvalue weighted by Crippen LogP contribution is 2.20. The number of amides is 2. The summed E-state index contributed by atoms with van der Waals surface area (Å²) >= 11 is 0. The summed E-state index contributed by atoms with van der Waals surface area (Å²) in [5.74, 6) is -0.571. The predicted molar refractivity (Wildman–Crippen MR) is 57.8 cm³/mol. The molecule has 2 amide bonds. The molecule has 1 aromatic rings. The van der Waals surface area contributed by atoms with E-state index in [1.807, 2.05) is 0 Å². The molecule has 16 heavy (non-hydrogen) atoms. The van der Waals surface area contributed by atoms with Gasteiger partial charge in [0.1, 0.15) is 0 Å². The molecule has 1 aliphatic rings. The highest BCUT2D eigenvalue weighted by Gasteiger charge is 2.34. The lowest BCUT2D eigenvalue weighted by Gasteiger charge is -2.09. The van der Waals surface area contributed by atoms with Crippen LogP contribution in [-0.4, -0.2) is 34.8 Å². The number of rotatable bonds is 3. The van der Waals surface area contributed by atoms with E-state index < -0.39 is 0 Å². The molecule has 0 spiro atoms. The standard InChI is InChI=1S/C11H11N3O2/c12-4-1-2-6-14-10(15)8-3-5-13-7-9(8)11(14)16/h1-3,5,7H,4,6,12H2/b2-1+. The van der Waals surface area contributed by atoms with Crippen molar-refractivity contribution in [3.63, 3.8) is 0 Å². The first kappa shape index (κ1) is 10.5. The minimum Gasteiger partial charge on any atom is -0.327 e. The van der Waals surface area contributed by atoms with Crippen LogP contribution in [0.3, 0.4) is 0 Å². The Labute approximate surface area is 92.6 Å². The molecular formula is C11H11N3O2. The number of pyridine rings is 1. The summed E-state index contributed by atoms with van der Waals surface area (Å²) in [5.41, 5.74) is 6.07. The van der Waals surface area contributed by atoms with Crippen molar-refractivity contribution < 1.29 is 9.59 Å². The maximum atomic E-state index is 11.8. The first-order valence-corrected chi connectivity index (χ1v) is 4.91. The number of hydrogen-bond acceptors (Lipinski definition) is 4. The lowest BCUT2D eigenvalue weighted by Crippen LogP contribution is -2.29. The largest absolute Gasteiger partial charge is 0.327 e. The van der Waals surface area contributed by atoms with Gasteiger partial charge in [0.25, 0.3) is 11.8 Å². The Hall–Kier alpha value is -2.01. The Kier molecular flexibility index (Phi) is 2.78. The zero-order valence-electron chi connectivity index (χ0n) is 8.59. The Morgan fingerprint density at radius 3 is 2.69 bits per heavy atom. The van der Waals surface area contributed by atoms with Gasteiger partial charge in [-0.1, -0.05) is 12.2 Å². The van der Waals surface area contributed by atoms with Crippen molar-refractivity contribution in [2.45, 2.75) is 0 Å². The lowest BCUT2D eigenvalue weighted by molar-refractivity contribution is 0.0672. The predicted octanol–water partition coefficient (Wildman–Crippen LogP) is 0.192. The minimum absolute atomic E-state index is 0.254. The molecule has 1 aromatic heterocycles. The fourth-order valence-electron chi connectivity index (χ4n) is 1.58. The van der Waals surface area contributed by atoms with E-state index in [1.165, 1.54) is 17.3 Å². The lowest BCUT2D eigenvalue weighted by atomic mass is 10.2. The molecule has 1 aliphatic heterocycles. The van der Waals surface area contributed by atoms with E-state index in [2.05, 4.69) is 4.98 Å². The van der Waals surface area contributed by atoms with E-state index >= 15 is 0 Å². The van der Waals surface area contributed by atoms with E-state index in [-0.39, 0.29) is 18.4 Å². The van der Waals surface area contributed by atoms with Crippen LogP contribution in [0, 0.1) is 0 Å². The van der Waals surface area contributed by atoms with Crippen molar-refractivity contribution in [3.05, 3.63) is 41.7 Å². The van der Waals surface area contributed by atoms with E-state index in [9.17, 15) is 9.59 Å². The summed E-state index contributed by atoms with van der Waals surface area (Å²) in [5, 5.41) is 0. The van der Waals surface area contributed by atoms with Gasteiger partial charge >= 0.3 is 0 Å². The second-order valence-electron chi connectivity index (χ2n) is 3.35. The van der Waals surface area contributed by atoms with E-state index in [4.69, 9.17) is 5.73 Å². The van der Waals surface area contributed by atoms with Gasteiger partial charge in [0.2, 0.25) is 0 Å². The zero-order chi connectivity index (χ0) is 11.5. The van der Waals surface area contributed by atoms with Crippen molar-refractivity contribution in [2.75, 3.05) is 13.1 Å². The molecule has 0 bridgehead atoms. The first-order valence-electron chi connectivity index (χ1n) is 4.91. The third-order valence-electron chi connectivity index (χ3n) is 2.36. The molecule has 82 valence electrons. The van der Waals surface area contributed by atoms with Gasteiger partial charge in [-0.25, -0.2) is 0 Å². The van der Waals surface area contributed by atoms with Crippen molar-refractivity contribution >= 4 is 11.8 Å². The summed E-state index contributed by atoms with van der Waals surface area (Å²) in [6.07, 6.45) is 6.34. The number of carbonyl (C=O) groups is 2. The highest BCUT2D eigenvalue weighted by atomic mass is 16.2. The molecule has 0 radical (unpaired) electrons. The van der Waals surface area contributed by atoms with Crippen LogP contribution in [0.5, 0.6) is 0 Å². The molecule has 0 atom stereocenters. The van der Waals surface area contributed by atoms with Gasteiger partial charge in [0.05, 0.1) is 11.1 Å². The molecule has 0 aromatic carbocycles. The summed E-state index contributed by atoms with van der Waals surface area (Å²) in [7, 11) is 0. The number of imide groups is 1. The summed E-state index contributed by atoms with van der Waals surface area (Å²) in [6.45, 7) is 0.647. The van der Waals surface area contributed by atoms with Gasteiger partial charge in [0.15, 0.2) is 0 Å². The fraction of sp³-hybridized carbons (Fsp3) is 0.182. The number of carbonyl (C=O) groups excluding carboxylic acids is 2. The smallest absolute Gasteiger partial charge is 0.263 e. The van der Waals surface area contributed by atoms with Crippen LogP contribution in [0.25, 0.3) is 0 Å². The van der Waals surface area contributed by atoms with Crippen LogP contribution in [0.4, 0.5) is 0 Å². The molecule has 2 N–H and O–H groups in total. The van der Waals surface area contributed by atoms with Crippen LogP contribution >= 0.6 is 0 Å². The molecule has 0 aliphatic carbocycles. The average Bonchev–Trinajstić information content (AvgIpc) is 2.55. The normalized spacial score (nSPS) is 14.9. The quantitative estimate of drug-likeness (QED) is 0.579. The average molecular weight is 217 g/mol. The summed E-state index contributed by atoms with van der Waals surface area (Å²) in [4.78, 5) is 28.6. The van der Waals surface area contributed by atoms with Gasteiger partial charge in [0, 0.05) is 25.5 Å². The molecule has 0 saturated heterocycles. The molecule has 5 heteroatoms. The van der Waals surface area contributed by atoms with Gasteiger partial charge in [-0.15, -0.1) is 0 Å². The van der Waals surface area contributed by atoms with E-state index in [0.29, 0.717) is 17.7 Å². The number of nitrogens with two attached hydrogens (primary N) is 1. The molecule has 5 nitrogen and oxygen atoms in total. The monoisotopic (exact) mass is 217 g/mol. The van der Waals surface area contributed by atoms with Crippen LogP contribution < -0.4 is 5.73 Å². The summed E-state index contributed by atoms with van der Waals surface area (Å²) in [6, 6.07) is 1.56. The molecule has 0 fully saturated rings. The van der Waals surface area contributed by atoms with Crippen LogP contribution in [0.2, 0.25) is 0 Å². The Morgan fingerprint density at radius 2 is 2.00 bits per heavy atom. The minimum atomic E-state index is -0.297. The van der Waals surface area contributed by atoms with E-state index in [1.54, 1.807) is 18.2 Å². The fourth-order valence-corrected chi connectivity index (χ4v) is 1.58. The Bertz CT molecular complexity index is 433. The SMILES string of the molecule is NC/C=C/CN1C(=O)c2ccncc2C1=O. The number of aromatic nitrogens is 1. The van der Waals surface area contributed by atoms with Crippen molar-refractivity contribution in [1.82, 2.24) is 9.88 Å². The molecule has 2 heterocycles. The third kappa shape index (κ3) is 1.61. The molecule has 0 unspecified atom stereocenters. The summed E-state index contributed by atoms with van der Waals surface area (Å²) < 4.78 is 0. The van der Waals surface area contributed by atoms with Gasteiger partial charge < -0.3 is 5.73 Å². The second-order valence-corrected chi connectivity index (χ2v) is 3.35. The first-order chi connectivity index (χ1) is 7.75. The molecule has 0 saturated carbocycles. The van der Waals surface area contributed by atoms with Crippen LogP contribution in [-0.2, 0) is 0 Å². The molecule has 2 rings (SSSR count). The number of hydrogen-bond donors (Lipinski definition) is 1. The van der Waals surface area contributed by atoms with Crippen molar-refractivity contribution in [3.8, 4) is 0 Å². The van der Waals surface area contributed by atoms with Crippen LogP contribution in [0.1, 0.15) is 20.7 Å². The maximum absolute atomic E-state index is 11.8. The highest BCUT2D eigenvalue weighted by molar-refractivity contribution is 6.21. The van der Waals surface area contributed by atoms with Gasteiger partial charge in [-0.2, -0.15) is 0 Å². The number of fused-ring (bicyclic) bond motifs is 1. The van der Waals surface area contributed by atoms with Crippen LogP contribution in [0.15, 0.2) is 30.6 Å². The van der Waals surface area contributed by atoms with E-state index in [0.717, 1.165) is 0 Å². The Balaban J connectivity index is 2.25.